The SMILES string of the molecule is CCCCCC/C=C\CCCCCCCC/C=C\O[C@H](CO/C=C\CCCCCCCCCCCCCCCC)COP(=O)([O-])OCC[N+](C)(C)C. The molecule has 0 N–H and O–H groups in total. The van der Waals surface area contributed by atoms with E-state index in [2.05, 4.69) is 26.0 Å². The molecule has 0 aliphatic carbocycles. The summed E-state index contributed by atoms with van der Waals surface area (Å²) >= 11 is 0. The first kappa shape index (κ1) is 50.9. The normalized spacial score (nSPS) is 14.2. The van der Waals surface area contributed by atoms with Crippen LogP contribution in [0.2, 0.25) is 0 Å². The lowest BCUT2D eigenvalue weighted by molar-refractivity contribution is -0.870. The number of hydrogen-bond donors (Lipinski definition) is 0. The Morgan fingerprint density at radius 1 is 0.519 bits per heavy atom. The number of quaternary nitrogens is 1. The van der Waals surface area contributed by atoms with E-state index in [1.165, 1.54) is 154 Å². The summed E-state index contributed by atoms with van der Waals surface area (Å²) in [4.78, 5) is 12.3. The van der Waals surface area contributed by atoms with Crippen LogP contribution >= 0.6 is 7.82 Å². The van der Waals surface area contributed by atoms with Crippen molar-refractivity contribution in [2.24, 2.45) is 0 Å². The zero-order valence-corrected chi connectivity index (χ0v) is 35.9. The third-order valence-electron chi connectivity index (χ3n) is 9.38. The molecule has 2 atom stereocenters. The van der Waals surface area contributed by atoms with Gasteiger partial charge in [0.1, 0.15) is 19.8 Å². The van der Waals surface area contributed by atoms with Crippen molar-refractivity contribution in [1.29, 1.82) is 0 Å². The van der Waals surface area contributed by atoms with Crippen molar-refractivity contribution in [3.8, 4) is 0 Å². The summed E-state index contributed by atoms with van der Waals surface area (Å²) in [7, 11) is 1.52. The van der Waals surface area contributed by atoms with Gasteiger partial charge in [0.15, 0.2) is 6.10 Å². The lowest BCUT2D eigenvalue weighted by atomic mass is 10.0. The molecule has 0 spiro atoms. The zero-order chi connectivity index (χ0) is 38.3. The van der Waals surface area contributed by atoms with Crippen LogP contribution in [0.25, 0.3) is 0 Å². The highest BCUT2D eigenvalue weighted by Gasteiger charge is 2.17. The fourth-order valence-electron chi connectivity index (χ4n) is 5.91. The first-order chi connectivity index (χ1) is 25.2. The van der Waals surface area contributed by atoms with Crippen LogP contribution < -0.4 is 4.89 Å². The van der Waals surface area contributed by atoms with Gasteiger partial charge in [-0.15, -0.1) is 0 Å². The van der Waals surface area contributed by atoms with Crippen LogP contribution in [0.1, 0.15) is 194 Å². The summed E-state index contributed by atoms with van der Waals surface area (Å²) in [5, 5.41) is 0. The largest absolute Gasteiger partial charge is 0.756 e. The van der Waals surface area contributed by atoms with Crippen LogP contribution in [0, 0.1) is 0 Å². The number of phosphoric ester groups is 1. The number of allylic oxidation sites excluding steroid dienone is 4. The number of nitrogens with zero attached hydrogens (tertiary/aromatic N) is 1. The third-order valence-corrected chi connectivity index (χ3v) is 10.3. The fraction of sp³-hybridized carbons (Fsp3) is 0.864. The Bertz CT molecular complexity index is 871. The maximum atomic E-state index is 12.3. The first-order valence-electron chi connectivity index (χ1n) is 21.8. The van der Waals surface area contributed by atoms with E-state index in [1.54, 1.807) is 12.5 Å². The highest BCUT2D eigenvalue weighted by Crippen LogP contribution is 2.38. The Morgan fingerprint density at radius 2 is 0.904 bits per heavy atom. The molecule has 0 fully saturated rings. The van der Waals surface area contributed by atoms with Crippen LogP contribution in [0.15, 0.2) is 36.8 Å². The molecule has 0 saturated carbocycles. The molecule has 52 heavy (non-hydrogen) atoms. The number of phosphoric acid groups is 1. The van der Waals surface area contributed by atoms with Gasteiger partial charge >= 0.3 is 0 Å². The predicted molar refractivity (Wildman–Crippen MR) is 221 cm³/mol. The molecule has 0 saturated heterocycles. The highest BCUT2D eigenvalue weighted by atomic mass is 31.2. The summed E-state index contributed by atoms with van der Waals surface area (Å²) in [6, 6.07) is 0. The van der Waals surface area contributed by atoms with Crippen LogP contribution in [-0.4, -0.2) is 58.1 Å². The van der Waals surface area contributed by atoms with Crippen molar-refractivity contribution in [2.75, 3.05) is 47.5 Å². The van der Waals surface area contributed by atoms with Crippen molar-refractivity contribution >= 4 is 7.82 Å². The van der Waals surface area contributed by atoms with Gasteiger partial charge in [-0.1, -0.05) is 154 Å². The lowest BCUT2D eigenvalue weighted by Gasteiger charge is -2.28. The molecular weight excluding hydrogens is 669 g/mol. The Kier molecular flexibility index (Phi) is 37.4. The minimum atomic E-state index is -4.43. The van der Waals surface area contributed by atoms with E-state index in [-0.39, 0.29) is 19.8 Å². The van der Waals surface area contributed by atoms with E-state index in [4.69, 9.17) is 18.5 Å². The molecule has 0 aromatic rings. The molecule has 1 unspecified atom stereocenters. The van der Waals surface area contributed by atoms with Crippen molar-refractivity contribution < 1.29 is 32.5 Å². The maximum absolute atomic E-state index is 12.3. The molecule has 0 aliphatic rings. The van der Waals surface area contributed by atoms with Gasteiger partial charge < -0.3 is 27.9 Å². The number of hydrogen-bond acceptors (Lipinski definition) is 6. The fourth-order valence-corrected chi connectivity index (χ4v) is 6.64. The zero-order valence-electron chi connectivity index (χ0n) is 35.0. The molecule has 0 amide bonds. The van der Waals surface area contributed by atoms with Crippen molar-refractivity contribution in [2.45, 2.75) is 200 Å². The van der Waals surface area contributed by atoms with Gasteiger partial charge in [-0.3, -0.25) is 4.57 Å². The average Bonchev–Trinajstić information content (AvgIpc) is 3.10. The Morgan fingerprint density at radius 3 is 1.35 bits per heavy atom. The minimum Gasteiger partial charge on any atom is -0.756 e. The second-order valence-electron chi connectivity index (χ2n) is 15.8. The van der Waals surface area contributed by atoms with Gasteiger partial charge in [0.2, 0.25) is 0 Å². The topological polar surface area (TPSA) is 77.1 Å². The summed E-state index contributed by atoms with van der Waals surface area (Å²) in [6.07, 6.45) is 47.8. The highest BCUT2D eigenvalue weighted by molar-refractivity contribution is 7.45. The van der Waals surface area contributed by atoms with Gasteiger partial charge in [0.05, 0.1) is 40.3 Å². The van der Waals surface area contributed by atoms with Crippen LogP contribution in [-0.2, 0) is 23.1 Å². The molecular formula is C44H86NO6P. The summed E-state index contributed by atoms with van der Waals surface area (Å²) in [5.74, 6) is 0. The maximum Gasteiger partial charge on any atom is 0.268 e. The summed E-state index contributed by atoms with van der Waals surface area (Å²) in [6.45, 7) is 5.21. The minimum absolute atomic E-state index is 0.0738. The molecule has 0 rings (SSSR count). The molecule has 0 heterocycles. The van der Waals surface area contributed by atoms with Gasteiger partial charge in [-0.2, -0.15) is 0 Å². The quantitative estimate of drug-likeness (QED) is 0.0203. The van der Waals surface area contributed by atoms with E-state index in [9.17, 15) is 9.46 Å². The van der Waals surface area contributed by atoms with E-state index in [1.807, 2.05) is 33.3 Å². The molecule has 0 aromatic heterocycles. The Labute approximate surface area is 323 Å². The van der Waals surface area contributed by atoms with Crippen LogP contribution in [0.4, 0.5) is 0 Å². The first-order valence-corrected chi connectivity index (χ1v) is 23.3. The van der Waals surface area contributed by atoms with Gasteiger partial charge in [0.25, 0.3) is 7.82 Å². The Hall–Kier alpha value is -1.11. The molecule has 308 valence electrons. The van der Waals surface area contributed by atoms with Gasteiger partial charge in [0, 0.05) is 0 Å². The smallest absolute Gasteiger partial charge is 0.268 e. The number of unbranched alkanes of at least 4 members (excludes halogenated alkanes) is 25. The van der Waals surface area contributed by atoms with Crippen LogP contribution in [0.5, 0.6) is 0 Å². The summed E-state index contributed by atoms with van der Waals surface area (Å²) in [5.41, 5.74) is 0. The van der Waals surface area contributed by atoms with E-state index in [0.717, 1.165) is 25.7 Å². The van der Waals surface area contributed by atoms with Crippen molar-refractivity contribution in [1.82, 2.24) is 0 Å². The van der Waals surface area contributed by atoms with E-state index >= 15 is 0 Å². The number of likely N-dealkylation sites (N-methyl/N-ethyl adjacent to an activating group) is 1. The third kappa shape index (κ3) is 41.6. The number of ether oxygens (including phenoxy) is 2. The Balaban J connectivity index is 4.21. The molecule has 7 nitrogen and oxygen atoms in total. The molecule has 0 bridgehead atoms. The van der Waals surface area contributed by atoms with E-state index < -0.39 is 13.9 Å². The lowest BCUT2D eigenvalue weighted by Crippen LogP contribution is -2.37. The van der Waals surface area contributed by atoms with Crippen LogP contribution in [0.3, 0.4) is 0 Å². The average molecular weight is 756 g/mol. The monoisotopic (exact) mass is 756 g/mol. The summed E-state index contributed by atoms with van der Waals surface area (Å²) < 4.78 is 34.8. The molecule has 0 radical (unpaired) electrons. The molecule has 0 aliphatic heterocycles. The van der Waals surface area contributed by atoms with Gasteiger partial charge in [-0.05, 0) is 63.5 Å². The second kappa shape index (κ2) is 38.2. The predicted octanol–water partition coefficient (Wildman–Crippen LogP) is 13.1. The van der Waals surface area contributed by atoms with E-state index in [0.29, 0.717) is 11.0 Å². The standard InChI is InChI=1S/C44H86NO6P/c1-6-8-10-12-14-16-18-20-22-24-26-28-30-32-34-36-39-48-42-44(43-51-52(46,47)50-41-38-45(3,4)5)49-40-37-35-33-31-29-27-25-23-21-19-17-15-13-11-9-7-2/h17,19,36-37,39-40,44H,6-16,18,20-35,38,41-43H2,1-5H3/b19-17-,39-36-,40-37-/t44-/m1/s1. The van der Waals surface area contributed by atoms with Crippen molar-refractivity contribution in [3.05, 3.63) is 36.8 Å². The molecule has 0 aromatic carbocycles. The van der Waals surface area contributed by atoms with Gasteiger partial charge in [-0.25, -0.2) is 0 Å². The molecule has 8 heteroatoms. The van der Waals surface area contributed by atoms with Crippen molar-refractivity contribution in [3.63, 3.8) is 0 Å². The number of rotatable bonds is 41. The second-order valence-corrected chi connectivity index (χ2v) is 17.2.